The minimum absolute atomic E-state index is 0.408. The van der Waals surface area contributed by atoms with E-state index in [1.165, 1.54) is 0 Å². The maximum atomic E-state index is 10.0. The van der Waals surface area contributed by atoms with E-state index in [4.69, 9.17) is 4.74 Å². The van der Waals surface area contributed by atoms with Crippen molar-refractivity contribution in [3.8, 4) is 5.75 Å². The SMILES string of the molecule is CCCC1(O)CN(CCCOc2ccccc2)C1. The van der Waals surface area contributed by atoms with Crippen molar-refractivity contribution >= 4 is 0 Å². The fraction of sp³-hybridized carbons (Fsp3) is 0.600. The molecule has 1 aromatic rings. The molecule has 0 spiro atoms. The Morgan fingerprint density at radius 1 is 1.28 bits per heavy atom. The van der Waals surface area contributed by atoms with Crippen LogP contribution >= 0.6 is 0 Å². The summed E-state index contributed by atoms with van der Waals surface area (Å²) in [6.07, 6.45) is 2.99. The van der Waals surface area contributed by atoms with E-state index in [2.05, 4.69) is 11.8 Å². The standard InChI is InChI=1S/C15H23NO2/c1-2-9-15(17)12-16(13-15)10-6-11-18-14-7-4-3-5-8-14/h3-5,7-8,17H,2,6,9-13H2,1H3. The Kier molecular flexibility index (Phi) is 4.61. The van der Waals surface area contributed by atoms with Gasteiger partial charge in [0.05, 0.1) is 12.2 Å². The van der Waals surface area contributed by atoms with E-state index in [9.17, 15) is 5.11 Å². The van der Waals surface area contributed by atoms with Crippen LogP contribution in [0, 0.1) is 0 Å². The third kappa shape index (κ3) is 3.72. The second kappa shape index (κ2) is 6.21. The minimum Gasteiger partial charge on any atom is -0.494 e. The Labute approximate surface area is 109 Å². The van der Waals surface area contributed by atoms with Crippen LogP contribution < -0.4 is 4.74 Å². The van der Waals surface area contributed by atoms with Crippen molar-refractivity contribution in [1.29, 1.82) is 0 Å². The largest absolute Gasteiger partial charge is 0.494 e. The Hall–Kier alpha value is -1.06. The number of rotatable bonds is 7. The van der Waals surface area contributed by atoms with E-state index in [-0.39, 0.29) is 0 Å². The van der Waals surface area contributed by atoms with Gasteiger partial charge in [0.2, 0.25) is 0 Å². The number of ether oxygens (including phenoxy) is 1. The van der Waals surface area contributed by atoms with Gasteiger partial charge in [0.25, 0.3) is 0 Å². The topological polar surface area (TPSA) is 32.7 Å². The summed E-state index contributed by atoms with van der Waals surface area (Å²) in [5.41, 5.74) is -0.408. The Bertz CT molecular complexity index is 347. The highest BCUT2D eigenvalue weighted by Crippen LogP contribution is 2.25. The second-order valence-electron chi connectivity index (χ2n) is 5.20. The highest BCUT2D eigenvalue weighted by Gasteiger charge is 2.39. The molecule has 1 aliphatic rings. The molecule has 0 unspecified atom stereocenters. The molecule has 1 aliphatic heterocycles. The predicted molar refractivity (Wildman–Crippen MR) is 72.9 cm³/mol. The average molecular weight is 249 g/mol. The average Bonchev–Trinajstić information content (AvgIpc) is 2.34. The quantitative estimate of drug-likeness (QED) is 0.753. The third-order valence-corrected chi connectivity index (χ3v) is 3.38. The molecule has 2 rings (SSSR count). The van der Waals surface area contributed by atoms with E-state index in [1.807, 2.05) is 30.3 Å². The number of likely N-dealkylation sites (tertiary alicyclic amines) is 1. The maximum Gasteiger partial charge on any atom is 0.119 e. The molecule has 1 heterocycles. The fourth-order valence-electron chi connectivity index (χ4n) is 2.56. The van der Waals surface area contributed by atoms with Crippen molar-refractivity contribution < 1.29 is 9.84 Å². The van der Waals surface area contributed by atoms with Crippen LogP contribution in [0.2, 0.25) is 0 Å². The predicted octanol–water partition coefficient (Wildman–Crippen LogP) is 2.30. The summed E-state index contributed by atoms with van der Waals surface area (Å²) in [6, 6.07) is 9.90. The van der Waals surface area contributed by atoms with Gasteiger partial charge in [-0.2, -0.15) is 0 Å². The zero-order valence-corrected chi connectivity index (χ0v) is 11.1. The summed E-state index contributed by atoms with van der Waals surface area (Å²) >= 11 is 0. The van der Waals surface area contributed by atoms with Gasteiger partial charge in [-0.1, -0.05) is 31.5 Å². The lowest BCUT2D eigenvalue weighted by atomic mass is 9.89. The molecule has 0 atom stereocenters. The molecule has 100 valence electrons. The Balaban J connectivity index is 1.55. The number of hydrogen-bond donors (Lipinski definition) is 1. The van der Waals surface area contributed by atoms with E-state index in [0.717, 1.165) is 51.3 Å². The molecule has 3 nitrogen and oxygen atoms in total. The van der Waals surface area contributed by atoms with Gasteiger partial charge in [0.1, 0.15) is 5.75 Å². The van der Waals surface area contributed by atoms with Crippen LogP contribution in [0.25, 0.3) is 0 Å². The van der Waals surface area contributed by atoms with Gasteiger partial charge in [-0.15, -0.1) is 0 Å². The fourth-order valence-corrected chi connectivity index (χ4v) is 2.56. The highest BCUT2D eigenvalue weighted by molar-refractivity contribution is 5.20. The van der Waals surface area contributed by atoms with Gasteiger partial charge in [-0.05, 0) is 25.0 Å². The molecule has 1 saturated heterocycles. The first kappa shape index (κ1) is 13.4. The number of hydrogen-bond acceptors (Lipinski definition) is 3. The molecule has 18 heavy (non-hydrogen) atoms. The smallest absolute Gasteiger partial charge is 0.119 e. The van der Waals surface area contributed by atoms with Gasteiger partial charge >= 0.3 is 0 Å². The van der Waals surface area contributed by atoms with E-state index < -0.39 is 5.60 Å². The lowest BCUT2D eigenvalue weighted by Gasteiger charge is -2.46. The van der Waals surface area contributed by atoms with Gasteiger partial charge < -0.3 is 9.84 Å². The molecule has 0 aromatic heterocycles. The van der Waals surface area contributed by atoms with Gasteiger partial charge in [-0.25, -0.2) is 0 Å². The zero-order chi connectivity index (χ0) is 12.8. The highest BCUT2D eigenvalue weighted by atomic mass is 16.5. The van der Waals surface area contributed by atoms with Crippen molar-refractivity contribution in [2.24, 2.45) is 0 Å². The second-order valence-corrected chi connectivity index (χ2v) is 5.20. The summed E-state index contributed by atoms with van der Waals surface area (Å²) in [7, 11) is 0. The summed E-state index contributed by atoms with van der Waals surface area (Å²) < 4.78 is 5.64. The summed E-state index contributed by atoms with van der Waals surface area (Å²) in [5.74, 6) is 0.934. The van der Waals surface area contributed by atoms with Gasteiger partial charge in [0, 0.05) is 19.6 Å². The van der Waals surface area contributed by atoms with E-state index in [0.29, 0.717) is 0 Å². The van der Waals surface area contributed by atoms with Crippen LogP contribution in [-0.2, 0) is 0 Å². The first-order chi connectivity index (χ1) is 8.72. The number of para-hydroxylation sites is 1. The molecule has 1 aromatic carbocycles. The molecule has 0 bridgehead atoms. The summed E-state index contributed by atoms with van der Waals surface area (Å²) in [4.78, 5) is 2.30. The molecular formula is C15H23NO2. The molecule has 0 amide bonds. The molecule has 1 N–H and O–H groups in total. The lowest BCUT2D eigenvalue weighted by Crippen LogP contribution is -2.61. The first-order valence-electron chi connectivity index (χ1n) is 6.84. The molecule has 1 fully saturated rings. The van der Waals surface area contributed by atoms with Gasteiger partial charge in [0.15, 0.2) is 0 Å². The third-order valence-electron chi connectivity index (χ3n) is 3.38. The van der Waals surface area contributed by atoms with Crippen LogP contribution in [-0.4, -0.2) is 41.8 Å². The van der Waals surface area contributed by atoms with Crippen molar-refractivity contribution in [1.82, 2.24) is 4.90 Å². The van der Waals surface area contributed by atoms with Crippen LogP contribution in [0.5, 0.6) is 5.75 Å². The Morgan fingerprint density at radius 3 is 2.67 bits per heavy atom. The summed E-state index contributed by atoms with van der Waals surface area (Å²) in [5, 5.41) is 10.0. The van der Waals surface area contributed by atoms with Crippen LogP contribution in [0.1, 0.15) is 26.2 Å². The first-order valence-corrected chi connectivity index (χ1v) is 6.84. The monoisotopic (exact) mass is 249 g/mol. The number of β-amino-alcohol motifs (C(OH)–C–C–N with tert-alkyl or cyclic N) is 1. The van der Waals surface area contributed by atoms with Crippen molar-refractivity contribution in [2.75, 3.05) is 26.2 Å². The minimum atomic E-state index is -0.408. The lowest BCUT2D eigenvalue weighted by molar-refractivity contribution is -0.103. The number of benzene rings is 1. The van der Waals surface area contributed by atoms with Crippen molar-refractivity contribution in [3.63, 3.8) is 0 Å². The zero-order valence-electron chi connectivity index (χ0n) is 11.1. The van der Waals surface area contributed by atoms with E-state index >= 15 is 0 Å². The number of aliphatic hydroxyl groups is 1. The van der Waals surface area contributed by atoms with Crippen LogP contribution in [0.3, 0.4) is 0 Å². The Morgan fingerprint density at radius 2 is 2.00 bits per heavy atom. The van der Waals surface area contributed by atoms with Gasteiger partial charge in [-0.3, -0.25) is 4.90 Å². The molecule has 0 radical (unpaired) electrons. The van der Waals surface area contributed by atoms with Crippen molar-refractivity contribution in [3.05, 3.63) is 30.3 Å². The van der Waals surface area contributed by atoms with Crippen LogP contribution in [0.4, 0.5) is 0 Å². The van der Waals surface area contributed by atoms with Crippen molar-refractivity contribution in [2.45, 2.75) is 31.8 Å². The van der Waals surface area contributed by atoms with E-state index in [1.54, 1.807) is 0 Å². The molecule has 3 heteroatoms. The molecule has 0 saturated carbocycles. The molecule has 0 aliphatic carbocycles. The maximum absolute atomic E-state index is 10.0. The summed E-state index contributed by atoms with van der Waals surface area (Å²) in [6.45, 7) is 5.53. The normalized spacial score (nSPS) is 18.3. The number of nitrogens with zero attached hydrogens (tertiary/aromatic N) is 1. The van der Waals surface area contributed by atoms with Crippen LogP contribution in [0.15, 0.2) is 30.3 Å². The molecular weight excluding hydrogens is 226 g/mol.